The fourth-order valence-electron chi connectivity index (χ4n) is 0.610. The van der Waals surface area contributed by atoms with E-state index in [1.165, 1.54) is 0 Å². The molecule has 3 heteroatoms. The predicted molar refractivity (Wildman–Crippen MR) is 43.2 cm³/mol. The number of aromatic hydroxyl groups is 1. The maximum Gasteiger partial charge on any atom is 0.316 e. The zero-order valence-corrected chi connectivity index (χ0v) is 5.16. The molecule has 10 heavy (non-hydrogen) atoms. The third-order valence-electron chi connectivity index (χ3n) is 1.05. The summed E-state index contributed by atoms with van der Waals surface area (Å²) in [6.45, 7) is 0. The van der Waals surface area contributed by atoms with Crippen LogP contribution in [0.15, 0.2) is 24.3 Å². The summed E-state index contributed by atoms with van der Waals surface area (Å²) < 4.78 is 4.84. The number of methoxy groups -OCH3 is 1. The number of phenolic OH excluding ortho intramolecular Hbond substituents is 1. The summed E-state index contributed by atoms with van der Waals surface area (Å²) in [6, 6.07) is 6.66. The molecule has 0 radical (unpaired) electrons. The van der Waals surface area contributed by atoms with Crippen LogP contribution in [0.1, 0.15) is 0 Å². The van der Waals surface area contributed by atoms with Gasteiger partial charge in [-0.3, -0.25) is 0 Å². The van der Waals surface area contributed by atoms with E-state index in [0.717, 1.165) is 0 Å². The van der Waals surface area contributed by atoms with Gasteiger partial charge in [0.2, 0.25) is 0 Å². The van der Waals surface area contributed by atoms with Crippen molar-refractivity contribution in [3.8, 4) is 11.5 Å². The topological polar surface area (TPSA) is 29.5 Å². The van der Waals surface area contributed by atoms with Crippen molar-refractivity contribution in [3.05, 3.63) is 24.3 Å². The number of benzene rings is 1. The third-order valence-corrected chi connectivity index (χ3v) is 1.05. The number of ether oxygens (including phenoxy) is 1. The van der Waals surface area contributed by atoms with E-state index >= 15 is 0 Å². The minimum absolute atomic E-state index is 0. The Morgan fingerprint density at radius 2 is 2.10 bits per heavy atom. The summed E-state index contributed by atoms with van der Waals surface area (Å²) in [5.41, 5.74) is 0. The second-order valence-electron chi connectivity index (χ2n) is 1.70. The Labute approximate surface area is 76.0 Å². The fraction of sp³-hybridized carbons (Fsp3) is 0.143. The van der Waals surface area contributed by atoms with E-state index in [0.29, 0.717) is 5.75 Å². The second-order valence-corrected chi connectivity index (χ2v) is 1.70. The molecule has 0 aliphatic heterocycles. The van der Waals surface area contributed by atoms with E-state index in [1.54, 1.807) is 31.4 Å². The zero-order chi connectivity index (χ0) is 6.69. The lowest BCUT2D eigenvalue weighted by atomic mass is 10.3. The van der Waals surface area contributed by atoms with Crippen LogP contribution in [-0.4, -0.2) is 35.3 Å². The highest BCUT2D eigenvalue weighted by Crippen LogP contribution is 2.16. The van der Waals surface area contributed by atoms with Gasteiger partial charge in [0.15, 0.2) is 0 Å². The lowest BCUT2D eigenvalue weighted by Crippen LogP contribution is -1.79. The highest BCUT2D eigenvalue weighted by Gasteiger charge is 1.88. The zero-order valence-electron chi connectivity index (χ0n) is 5.16. The van der Waals surface area contributed by atoms with Crippen molar-refractivity contribution in [2.45, 2.75) is 0 Å². The smallest absolute Gasteiger partial charge is 0.316 e. The monoisotopic (exact) mass is 150 g/mol. The molecule has 1 rings (SSSR count). The van der Waals surface area contributed by atoms with Crippen molar-refractivity contribution < 1.29 is 9.84 Å². The molecule has 1 N–H and O–H groups in total. The second kappa shape index (κ2) is 4.41. The molecule has 0 fully saturated rings. The molecule has 0 atom stereocenters. The van der Waals surface area contributed by atoms with Crippen molar-refractivity contribution in [1.82, 2.24) is 0 Å². The fourth-order valence-corrected chi connectivity index (χ4v) is 0.610. The van der Waals surface area contributed by atoms with Crippen LogP contribution < -0.4 is 4.74 Å². The molecule has 1 aromatic carbocycles. The van der Waals surface area contributed by atoms with Gasteiger partial charge in [0.05, 0.1) is 7.11 Å². The molecule has 0 bridgehead atoms. The number of rotatable bonds is 1. The van der Waals surface area contributed by atoms with E-state index in [9.17, 15) is 0 Å². The molecule has 0 aliphatic rings. The van der Waals surface area contributed by atoms with Crippen LogP contribution in [0, 0.1) is 0 Å². The van der Waals surface area contributed by atoms with Crippen molar-refractivity contribution in [3.63, 3.8) is 0 Å². The third kappa shape index (κ3) is 2.45. The summed E-state index contributed by atoms with van der Waals surface area (Å²) in [5, 5.41) is 8.86. The first-order chi connectivity index (χ1) is 4.33. The quantitative estimate of drug-likeness (QED) is 0.590. The Hall–Kier alpha value is -0.414. The highest BCUT2D eigenvalue weighted by atomic mass is 24.3. The molecular weight excluding hydrogens is 140 g/mol. The Morgan fingerprint density at radius 3 is 2.50 bits per heavy atom. The average molecular weight is 150 g/mol. The molecule has 0 heterocycles. The molecule has 52 valence electrons. The Balaban J connectivity index is 0.000000810. The van der Waals surface area contributed by atoms with Gasteiger partial charge in [-0.15, -0.1) is 0 Å². The maximum atomic E-state index is 8.86. The first kappa shape index (κ1) is 9.59. The standard InChI is InChI=1S/C7H8O2.Mg.2H/c1-9-7-4-2-3-6(8)5-7;;;/h2-5,8H,1H3;;;. The van der Waals surface area contributed by atoms with Crippen molar-refractivity contribution in [1.29, 1.82) is 0 Å². The largest absolute Gasteiger partial charge is 0.508 e. The molecule has 0 saturated carbocycles. The Morgan fingerprint density at radius 1 is 1.40 bits per heavy atom. The summed E-state index contributed by atoms with van der Waals surface area (Å²) in [7, 11) is 1.56. The van der Waals surface area contributed by atoms with Crippen LogP contribution >= 0.6 is 0 Å². The van der Waals surface area contributed by atoms with Gasteiger partial charge in [-0.2, -0.15) is 0 Å². The number of hydrogen-bond acceptors (Lipinski definition) is 2. The summed E-state index contributed by atoms with van der Waals surface area (Å²) >= 11 is 0. The van der Waals surface area contributed by atoms with E-state index in [4.69, 9.17) is 9.84 Å². The van der Waals surface area contributed by atoms with Crippen LogP contribution in [0.3, 0.4) is 0 Å². The first-order valence-electron chi connectivity index (χ1n) is 2.66. The molecule has 0 spiro atoms. The molecule has 0 saturated heterocycles. The normalized spacial score (nSPS) is 8.10. The van der Waals surface area contributed by atoms with Crippen LogP contribution in [0.5, 0.6) is 11.5 Å². The van der Waals surface area contributed by atoms with Gasteiger partial charge in [0.25, 0.3) is 0 Å². The van der Waals surface area contributed by atoms with Crippen LogP contribution in [-0.2, 0) is 0 Å². The summed E-state index contributed by atoms with van der Waals surface area (Å²) in [5.74, 6) is 0.907. The molecule has 2 nitrogen and oxygen atoms in total. The van der Waals surface area contributed by atoms with Crippen molar-refractivity contribution in [2.75, 3.05) is 7.11 Å². The molecule has 1 aromatic rings. The van der Waals surface area contributed by atoms with E-state index in [1.807, 2.05) is 0 Å². The van der Waals surface area contributed by atoms with Crippen LogP contribution in [0.25, 0.3) is 0 Å². The molecule has 0 aromatic heterocycles. The summed E-state index contributed by atoms with van der Waals surface area (Å²) in [4.78, 5) is 0. The van der Waals surface area contributed by atoms with Gasteiger partial charge in [-0.1, -0.05) is 6.07 Å². The van der Waals surface area contributed by atoms with Gasteiger partial charge in [-0.05, 0) is 12.1 Å². The summed E-state index contributed by atoms with van der Waals surface area (Å²) in [6.07, 6.45) is 0. The molecule has 0 amide bonds. The van der Waals surface area contributed by atoms with E-state index < -0.39 is 0 Å². The number of hydrogen-bond donors (Lipinski definition) is 1. The van der Waals surface area contributed by atoms with Crippen LogP contribution in [0.4, 0.5) is 0 Å². The number of phenols is 1. The molecule has 0 aliphatic carbocycles. The van der Waals surface area contributed by atoms with Gasteiger partial charge >= 0.3 is 23.1 Å². The Kier molecular flexibility index (Phi) is 4.23. The van der Waals surface area contributed by atoms with Crippen molar-refractivity contribution in [2.24, 2.45) is 0 Å². The SMILES string of the molecule is COc1cccc(O)c1.[MgH2]. The average Bonchev–Trinajstić information content (AvgIpc) is 1.88. The van der Waals surface area contributed by atoms with E-state index in [-0.39, 0.29) is 28.8 Å². The maximum absolute atomic E-state index is 8.86. The highest BCUT2D eigenvalue weighted by molar-refractivity contribution is 5.75. The Bertz CT molecular complexity index is 201. The van der Waals surface area contributed by atoms with Crippen LogP contribution in [0.2, 0.25) is 0 Å². The minimum Gasteiger partial charge on any atom is -0.508 e. The van der Waals surface area contributed by atoms with Gasteiger partial charge in [0.1, 0.15) is 11.5 Å². The van der Waals surface area contributed by atoms with Gasteiger partial charge in [-0.25, -0.2) is 0 Å². The van der Waals surface area contributed by atoms with Crippen molar-refractivity contribution >= 4 is 23.1 Å². The van der Waals surface area contributed by atoms with E-state index in [2.05, 4.69) is 0 Å². The molecule has 0 unspecified atom stereocenters. The first-order valence-corrected chi connectivity index (χ1v) is 2.66. The lowest BCUT2D eigenvalue weighted by Gasteiger charge is -1.97. The van der Waals surface area contributed by atoms with Gasteiger partial charge < -0.3 is 9.84 Å². The molecular formula is C7H10MgO2. The van der Waals surface area contributed by atoms with Gasteiger partial charge in [0, 0.05) is 6.07 Å². The minimum atomic E-state index is 0. The lowest BCUT2D eigenvalue weighted by molar-refractivity contribution is 0.407. The predicted octanol–water partition coefficient (Wildman–Crippen LogP) is 0.485.